The van der Waals surface area contributed by atoms with Crippen molar-refractivity contribution in [2.45, 2.75) is 31.7 Å². The third kappa shape index (κ3) is 3.27. The van der Waals surface area contributed by atoms with Gasteiger partial charge < -0.3 is 10.1 Å². The van der Waals surface area contributed by atoms with Crippen molar-refractivity contribution < 1.29 is 4.74 Å². The summed E-state index contributed by atoms with van der Waals surface area (Å²) < 4.78 is 5.67. The second-order valence-corrected chi connectivity index (χ2v) is 5.66. The van der Waals surface area contributed by atoms with Gasteiger partial charge in [0.15, 0.2) is 0 Å². The Balaban J connectivity index is 1.76. The highest BCUT2D eigenvalue weighted by Crippen LogP contribution is 2.38. The molecule has 1 aliphatic heterocycles. The zero-order valence-electron chi connectivity index (χ0n) is 12.6. The number of hydrogen-bond donors (Lipinski definition) is 1. The van der Waals surface area contributed by atoms with Gasteiger partial charge in [-0.2, -0.15) is 0 Å². The van der Waals surface area contributed by atoms with Gasteiger partial charge in [-0.1, -0.05) is 49.4 Å². The average molecular weight is 281 g/mol. The molecular weight excluding hydrogens is 258 g/mol. The predicted molar refractivity (Wildman–Crippen MR) is 86.8 cm³/mol. The lowest BCUT2D eigenvalue weighted by molar-refractivity contribution is 0.317. The minimum atomic E-state index is 0.425. The first-order valence-electron chi connectivity index (χ1n) is 7.89. The van der Waals surface area contributed by atoms with Crippen LogP contribution in [0.4, 0.5) is 0 Å². The van der Waals surface area contributed by atoms with Crippen LogP contribution in [-0.2, 0) is 0 Å². The molecule has 1 heterocycles. The van der Waals surface area contributed by atoms with E-state index in [1.165, 1.54) is 17.5 Å². The van der Waals surface area contributed by atoms with Gasteiger partial charge in [-0.25, -0.2) is 0 Å². The van der Waals surface area contributed by atoms with E-state index in [1.807, 2.05) is 0 Å². The van der Waals surface area contributed by atoms with Gasteiger partial charge in [-0.05, 0) is 42.6 Å². The lowest BCUT2D eigenvalue weighted by atomic mass is 9.88. The summed E-state index contributed by atoms with van der Waals surface area (Å²) in [4.78, 5) is 0. The van der Waals surface area contributed by atoms with E-state index in [0.717, 1.165) is 25.3 Å². The highest BCUT2D eigenvalue weighted by Gasteiger charge is 2.29. The molecule has 2 atom stereocenters. The average Bonchev–Trinajstić information content (AvgIpc) is 3.04. The van der Waals surface area contributed by atoms with Crippen molar-refractivity contribution in [2.75, 3.05) is 13.2 Å². The summed E-state index contributed by atoms with van der Waals surface area (Å²) in [6, 6.07) is 19.8. The van der Waals surface area contributed by atoms with E-state index in [2.05, 4.69) is 66.8 Å². The van der Waals surface area contributed by atoms with Crippen LogP contribution in [0.2, 0.25) is 0 Å². The Bertz CT molecular complexity index is 550. The summed E-state index contributed by atoms with van der Waals surface area (Å²) in [7, 11) is 0. The quantitative estimate of drug-likeness (QED) is 0.882. The first kappa shape index (κ1) is 14.2. The van der Waals surface area contributed by atoms with Crippen molar-refractivity contribution in [2.24, 2.45) is 0 Å². The topological polar surface area (TPSA) is 21.3 Å². The van der Waals surface area contributed by atoms with Gasteiger partial charge in [0.2, 0.25) is 0 Å². The van der Waals surface area contributed by atoms with Gasteiger partial charge in [0.25, 0.3) is 0 Å². The number of benzene rings is 2. The molecule has 0 aliphatic carbocycles. The van der Waals surface area contributed by atoms with Crippen LogP contribution in [0, 0.1) is 0 Å². The molecule has 0 spiro atoms. The normalized spacial score (nSPS) is 21.4. The monoisotopic (exact) mass is 281 g/mol. The SMILES string of the molecule is CCCOc1ccc(C2CCNC2c2ccccc2)cc1. The van der Waals surface area contributed by atoms with Crippen LogP contribution in [0.1, 0.15) is 42.9 Å². The molecule has 2 unspecified atom stereocenters. The fourth-order valence-corrected chi connectivity index (χ4v) is 3.10. The van der Waals surface area contributed by atoms with Crippen LogP contribution < -0.4 is 10.1 Å². The molecule has 0 aromatic heterocycles. The molecule has 0 saturated carbocycles. The standard InChI is InChI=1S/C19H23NO/c1-2-14-21-17-10-8-15(9-11-17)18-12-13-20-19(18)16-6-4-3-5-7-16/h3-11,18-20H,2,12-14H2,1H3. The van der Waals surface area contributed by atoms with Crippen molar-refractivity contribution in [3.63, 3.8) is 0 Å². The second-order valence-electron chi connectivity index (χ2n) is 5.66. The molecule has 0 radical (unpaired) electrons. The number of hydrogen-bond acceptors (Lipinski definition) is 2. The summed E-state index contributed by atoms with van der Waals surface area (Å²) in [5.41, 5.74) is 2.78. The maximum atomic E-state index is 5.67. The van der Waals surface area contributed by atoms with Gasteiger partial charge in [0.1, 0.15) is 5.75 Å². The summed E-state index contributed by atoms with van der Waals surface area (Å²) >= 11 is 0. The zero-order chi connectivity index (χ0) is 14.5. The van der Waals surface area contributed by atoms with Crippen LogP contribution in [-0.4, -0.2) is 13.2 Å². The first-order valence-corrected chi connectivity index (χ1v) is 7.89. The summed E-state index contributed by atoms with van der Waals surface area (Å²) in [5.74, 6) is 1.52. The molecule has 1 fully saturated rings. The molecular formula is C19H23NO. The molecule has 1 aliphatic rings. The number of nitrogens with one attached hydrogen (secondary N) is 1. The maximum absolute atomic E-state index is 5.67. The van der Waals surface area contributed by atoms with Gasteiger partial charge >= 0.3 is 0 Å². The van der Waals surface area contributed by atoms with Crippen LogP contribution in [0.25, 0.3) is 0 Å². The first-order chi connectivity index (χ1) is 10.4. The molecule has 110 valence electrons. The molecule has 2 aromatic rings. The largest absolute Gasteiger partial charge is 0.494 e. The van der Waals surface area contributed by atoms with Gasteiger partial charge in [0, 0.05) is 12.0 Å². The van der Waals surface area contributed by atoms with E-state index in [-0.39, 0.29) is 0 Å². The lowest BCUT2D eigenvalue weighted by Gasteiger charge is -2.20. The summed E-state index contributed by atoms with van der Waals surface area (Å²) in [6.45, 7) is 4.00. The fraction of sp³-hybridized carbons (Fsp3) is 0.368. The lowest BCUT2D eigenvalue weighted by Crippen LogP contribution is -2.16. The van der Waals surface area contributed by atoms with E-state index in [9.17, 15) is 0 Å². The molecule has 2 nitrogen and oxygen atoms in total. The van der Waals surface area contributed by atoms with Gasteiger partial charge in [-0.3, -0.25) is 0 Å². The molecule has 3 rings (SSSR count). The Labute approximate surface area is 127 Å². The van der Waals surface area contributed by atoms with Crippen LogP contribution >= 0.6 is 0 Å². The Morgan fingerprint density at radius 2 is 1.76 bits per heavy atom. The van der Waals surface area contributed by atoms with Crippen LogP contribution in [0.3, 0.4) is 0 Å². The van der Waals surface area contributed by atoms with Crippen LogP contribution in [0.5, 0.6) is 5.75 Å². The van der Waals surface area contributed by atoms with E-state index in [1.54, 1.807) is 0 Å². The highest BCUT2D eigenvalue weighted by atomic mass is 16.5. The van der Waals surface area contributed by atoms with Crippen molar-refractivity contribution in [3.8, 4) is 5.75 Å². The molecule has 2 heteroatoms. The summed E-state index contributed by atoms with van der Waals surface area (Å²) in [6.07, 6.45) is 2.24. The van der Waals surface area contributed by atoms with Crippen molar-refractivity contribution in [3.05, 3.63) is 65.7 Å². The number of rotatable bonds is 5. The Morgan fingerprint density at radius 1 is 1.00 bits per heavy atom. The predicted octanol–water partition coefficient (Wildman–Crippen LogP) is 4.29. The molecule has 21 heavy (non-hydrogen) atoms. The maximum Gasteiger partial charge on any atom is 0.119 e. The van der Waals surface area contributed by atoms with Gasteiger partial charge in [0.05, 0.1) is 6.61 Å². The van der Waals surface area contributed by atoms with E-state index in [4.69, 9.17) is 4.74 Å². The molecule has 1 N–H and O–H groups in total. The minimum absolute atomic E-state index is 0.425. The smallest absolute Gasteiger partial charge is 0.119 e. The third-order valence-electron chi connectivity index (χ3n) is 4.16. The minimum Gasteiger partial charge on any atom is -0.494 e. The number of ether oxygens (including phenoxy) is 1. The van der Waals surface area contributed by atoms with E-state index < -0.39 is 0 Å². The summed E-state index contributed by atoms with van der Waals surface area (Å²) in [5, 5.41) is 3.64. The Morgan fingerprint density at radius 3 is 2.48 bits per heavy atom. The third-order valence-corrected chi connectivity index (χ3v) is 4.16. The van der Waals surface area contributed by atoms with E-state index in [0.29, 0.717) is 12.0 Å². The van der Waals surface area contributed by atoms with Gasteiger partial charge in [-0.15, -0.1) is 0 Å². The van der Waals surface area contributed by atoms with Crippen LogP contribution in [0.15, 0.2) is 54.6 Å². The second kappa shape index (κ2) is 6.77. The molecule has 0 bridgehead atoms. The molecule has 1 saturated heterocycles. The van der Waals surface area contributed by atoms with E-state index >= 15 is 0 Å². The Kier molecular flexibility index (Phi) is 4.56. The molecule has 2 aromatic carbocycles. The fourth-order valence-electron chi connectivity index (χ4n) is 3.10. The van der Waals surface area contributed by atoms with Crippen molar-refractivity contribution in [1.82, 2.24) is 5.32 Å². The highest BCUT2D eigenvalue weighted by molar-refractivity contribution is 5.33. The van der Waals surface area contributed by atoms with Crippen molar-refractivity contribution >= 4 is 0 Å². The zero-order valence-corrected chi connectivity index (χ0v) is 12.6. The Hall–Kier alpha value is -1.80. The van der Waals surface area contributed by atoms with Crippen molar-refractivity contribution in [1.29, 1.82) is 0 Å². The molecule has 0 amide bonds.